The van der Waals surface area contributed by atoms with Crippen LogP contribution in [0.15, 0.2) is 9.59 Å². The third-order valence-electron chi connectivity index (χ3n) is 6.86. The largest absolute Gasteiger partial charge is 0.494 e. The summed E-state index contributed by atoms with van der Waals surface area (Å²) in [5.41, 5.74) is -1.98. The van der Waals surface area contributed by atoms with Gasteiger partial charge in [-0.15, -0.1) is 0 Å². The molecule has 9 heteroatoms. The molecule has 2 aliphatic rings. The molecule has 0 saturated heterocycles. The third-order valence-corrected chi connectivity index (χ3v) is 6.86. The SMILES string of the molecule is CC1CCCC(n2c(=O)c(C(=O)NCC(=O)O)c(O)n(C3CCCCC3)c2=O)C1C. The summed E-state index contributed by atoms with van der Waals surface area (Å²) in [5, 5.41) is 21.8. The van der Waals surface area contributed by atoms with Crippen LogP contribution in [0.4, 0.5) is 0 Å². The van der Waals surface area contributed by atoms with Crippen LogP contribution < -0.4 is 16.6 Å². The third kappa shape index (κ3) is 4.15. The first-order chi connectivity index (χ1) is 14.2. The first kappa shape index (κ1) is 22.1. The van der Waals surface area contributed by atoms with Crippen LogP contribution in [0.5, 0.6) is 5.88 Å². The van der Waals surface area contributed by atoms with Gasteiger partial charge < -0.3 is 15.5 Å². The van der Waals surface area contributed by atoms with Crippen molar-refractivity contribution in [1.82, 2.24) is 14.5 Å². The number of carboxylic acids is 1. The minimum atomic E-state index is -1.27. The highest BCUT2D eigenvalue weighted by Crippen LogP contribution is 2.37. The van der Waals surface area contributed by atoms with Gasteiger partial charge in [0.2, 0.25) is 5.88 Å². The summed E-state index contributed by atoms with van der Waals surface area (Å²) >= 11 is 0. The predicted octanol–water partition coefficient (Wildman–Crippen LogP) is 2.03. The van der Waals surface area contributed by atoms with E-state index in [9.17, 15) is 24.3 Å². The quantitative estimate of drug-likeness (QED) is 0.667. The minimum absolute atomic E-state index is 0.0587. The molecular formula is C21H31N3O6. The van der Waals surface area contributed by atoms with E-state index in [0.717, 1.165) is 36.7 Å². The Hall–Kier alpha value is -2.58. The lowest BCUT2D eigenvalue weighted by Crippen LogP contribution is -2.49. The fourth-order valence-corrected chi connectivity index (χ4v) is 4.95. The van der Waals surface area contributed by atoms with E-state index in [1.54, 1.807) is 0 Å². The number of amides is 1. The maximum absolute atomic E-state index is 13.4. The van der Waals surface area contributed by atoms with Crippen molar-refractivity contribution in [3.8, 4) is 5.88 Å². The van der Waals surface area contributed by atoms with Crippen molar-refractivity contribution in [3.05, 3.63) is 26.4 Å². The number of carbonyl (C=O) groups excluding carboxylic acids is 1. The molecule has 1 aromatic rings. The van der Waals surface area contributed by atoms with Gasteiger partial charge in [0.25, 0.3) is 11.5 Å². The van der Waals surface area contributed by atoms with Gasteiger partial charge in [0.1, 0.15) is 6.54 Å². The Labute approximate surface area is 174 Å². The van der Waals surface area contributed by atoms with Crippen LogP contribution in [0.2, 0.25) is 0 Å². The van der Waals surface area contributed by atoms with Gasteiger partial charge >= 0.3 is 11.7 Å². The zero-order valence-electron chi connectivity index (χ0n) is 17.6. The number of aromatic hydroxyl groups is 1. The molecule has 0 bridgehead atoms. The summed E-state index contributed by atoms with van der Waals surface area (Å²) in [6, 6.07) is -0.657. The molecule has 1 aromatic heterocycles. The van der Waals surface area contributed by atoms with Crippen molar-refractivity contribution in [2.45, 2.75) is 77.3 Å². The molecule has 3 rings (SSSR count). The Morgan fingerprint density at radius 2 is 1.67 bits per heavy atom. The molecule has 3 atom stereocenters. The number of hydrogen-bond acceptors (Lipinski definition) is 5. The highest BCUT2D eigenvalue weighted by Gasteiger charge is 2.35. The zero-order chi connectivity index (χ0) is 22.0. The molecule has 0 radical (unpaired) electrons. The van der Waals surface area contributed by atoms with Crippen molar-refractivity contribution < 1.29 is 19.8 Å². The van der Waals surface area contributed by atoms with Crippen molar-refractivity contribution in [1.29, 1.82) is 0 Å². The summed E-state index contributed by atoms with van der Waals surface area (Å²) in [6.45, 7) is 3.40. The molecule has 2 aliphatic carbocycles. The van der Waals surface area contributed by atoms with Gasteiger partial charge in [0.15, 0.2) is 5.56 Å². The lowest BCUT2D eigenvalue weighted by atomic mass is 9.78. The van der Waals surface area contributed by atoms with Crippen molar-refractivity contribution in [3.63, 3.8) is 0 Å². The molecule has 3 N–H and O–H groups in total. The van der Waals surface area contributed by atoms with Crippen molar-refractivity contribution >= 4 is 11.9 Å². The van der Waals surface area contributed by atoms with E-state index in [0.29, 0.717) is 25.2 Å². The highest BCUT2D eigenvalue weighted by molar-refractivity contribution is 5.97. The fraction of sp³-hybridized carbons (Fsp3) is 0.714. The summed E-state index contributed by atoms with van der Waals surface area (Å²) < 4.78 is 2.34. The molecule has 3 unspecified atom stereocenters. The molecule has 2 fully saturated rings. The van der Waals surface area contributed by atoms with Gasteiger partial charge in [0, 0.05) is 12.1 Å². The number of aliphatic carboxylic acids is 1. The molecule has 1 amide bonds. The Balaban J connectivity index is 2.19. The Kier molecular flexibility index (Phi) is 6.67. The maximum atomic E-state index is 13.4. The molecular weight excluding hydrogens is 390 g/mol. The smallest absolute Gasteiger partial charge is 0.334 e. The molecule has 0 spiro atoms. The summed E-state index contributed by atoms with van der Waals surface area (Å²) in [7, 11) is 0. The van der Waals surface area contributed by atoms with Crippen LogP contribution in [0.3, 0.4) is 0 Å². The molecule has 166 valence electrons. The average Bonchev–Trinajstić information content (AvgIpc) is 2.70. The summed E-state index contributed by atoms with van der Waals surface area (Å²) in [4.78, 5) is 50.2. The number of nitrogens with one attached hydrogen (secondary N) is 1. The number of aromatic nitrogens is 2. The molecule has 30 heavy (non-hydrogen) atoms. The second-order valence-electron chi connectivity index (χ2n) is 8.73. The van der Waals surface area contributed by atoms with Crippen LogP contribution in [-0.2, 0) is 4.79 Å². The van der Waals surface area contributed by atoms with E-state index >= 15 is 0 Å². The zero-order valence-corrected chi connectivity index (χ0v) is 17.6. The van der Waals surface area contributed by atoms with Crippen LogP contribution >= 0.6 is 0 Å². The van der Waals surface area contributed by atoms with Gasteiger partial charge in [0.05, 0.1) is 0 Å². The number of rotatable bonds is 5. The van der Waals surface area contributed by atoms with E-state index in [1.807, 2.05) is 6.92 Å². The highest BCUT2D eigenvalue weighted by atomic mass is 16.4. The topological polar surface area (TPSA) is 131 Å². The van der Waals surface area contributed by atoms with E-state index in [4.69, 9.17) is 5.11 Å². The van der Waals surface area contributed by atoms with Crippen LogP contribution in [0.1, 0.15) is 87.7 Å². The van der Waals surface area contributed by atoms with Crippen LogP contribution in [0.25, 0.3) is 0 Å². The lowest BCUT2D eigenvalue weighted by Gasteiger charge is -2.36. The van der Waals surface area contributed by atoms with E-state index in [-0.39, 0.29) is 18.0 Å². The van der Waals surface area contributed by atoms with Gasteiger partial charge in [-0.05, 0) is 31.1 Å². The van der Waals surface area contributed by atoms with Gasteiger partial charge in [-0.25, -0.2) is 4.79 Å². The number of nitrogens with zero attached hydrogens (tertiary/aromatic N) is 2. The van der Waals surface area contributed by atoms with Crippen molar-refractivity contribution in [2.24, 2.45) is 11.8 Å². The normalized spacial score (nSPS) is 25.1. The standard InChI is InChI=1S/C21H31N3O6/c1-12-7-6-10-15(13(12)2)24-20(29)17(18(27)22-11-16(25)26)19(28)23(21(24)30)14-8-4-3-5-9-14/h12-15,28H,3-11H2,1-2H3,(H,22,27)(H,25,26). The minimum Gasteiger partial charge on any atom is -0.494 e. The van der Waals surface area contributed by atoms with Crippen LogP contribution in [-0.4, -0.2) is 37.8 Å². The number of hydrogen-bond donors (Lipinski definition) is 3. The molecule has 0 aromatic carbocycles. The van der Waals surface area contributed by atoms with Gasteiger partial charge in [-0.1, -0.05) is 46.0 Å². The first-order valence-corrected chi connectivity index (χ1v) is 10.8. The van der Waals surface area contributed by atoms with E-state index in [2.05, 4.69) is 12.2 Å². The van der Waals surface area contributed by atoms with Crippen LogP contribution in [0, 0.1) is 11.8 Å². The Bertz CT molecular complexity index is 928. The van der Waals surface area contributed by atoms with E-state index < -0.39 is 41.1 Å². The Morgan fingerprint density at radius 3 is 2.30 bits per heavy atom. The summed E-state index contributed by atoms with van der Waals surface area (Å²) in [6.07, 6.45) is 6.71. The number of carbonyl (C=O) groups is 2. The predicted molar refractivity (Wildman–Crippen MR) is 110 cm³/mol. The fourth-order valence-electron chi connectivity index (χ4n) is 4.95. The van der Waals surface area contributed by atoms with Crippen molar-refractivity contribution in [2.75, 3.05) is 6.54 Å². The summed E-state index contributed by atoms with van der Waals surface area (Å²) in [5.74, 6) is -2.53. The van der Waals surface area contributed by atoms with Gasteiger partial charge in [-0.3, -0.25) is 23.5 Å². The first-order valence-electron chi connectivity index (χ1n) is 10.8. The molecule has 2 saturated carbocycles. The Morgan fingerprint density at radius 1 is 1.00 bits per heavy atom. The molecule has 1 heterocycles. The molecule has 9 nitrogen and oxygen atoms in total. The molecule has 0 aliphatic heterocycles. The second kappa shape index (κ2) is 9.06. The average molecular weight is 421 g/mol. The maximum Gasteiger partial charge on any atom is 0.334 e. The lowest BCUT2D eigenvalue weighted by molar-refractivity contribution is -0.135. The van der Waals surface area contributed by atoms with Gasteiger partial charge in [-0.2, -0.15) is 0 Å². The monoisotopic (exact) mass is 421 g/mol. The second-order valence-corrected chi connectivity index (χ2v) is 8.73. The van der Waals surface area contributed by atoms with E-state index in [1.165, 1.54) is 4.57 Å². The number of carboxylic acid groups (broad SMARTS) is 1.